The van der Waals surface area contributed by atoms with E-state index in [0.717, 1.165) is 25.0 Å². The lowest BCUT2D eigenvalue weighted by atomic mass is 10.2. The number of methoxy groups -OCH3 is 1. The first-order chi connectivity index (χ1) is 13.4. The SMILES string of the molecule is COc1ccc(S(=O)(=O)N2CCCCC2)cc1NC(=O)C[n+]1ccccc1C. The van der Waals surface area contributed by atoms with Crippen molar-refractivity contribution in [1.82, 2.24) is 4.31 Å². The molecule has 28 heavy (non-hydrogen) atoms. The molecule has 2 aromatic rings. The van der Waals surface area contributed by atoms with E-state index in [4.69, 9.17) is 4.74 Å². The van der Waals surface area contributed by atoms with Gasteiger partial charge in [-0.1, -0.05) is 12.5 Å². The highest BCUT2D eigenvalue weighted by molar-refractivity contribution is 7.89. The van der Waals surface area contributed by atoms with Gasteiger partial charge in [-0.2, -0.15) is 8.87 Å². The normalized spacial score (nSPS) is 15.2. The van der Waals surface area contributed by atoms with Crippen LogP contribution in [0.25, 0.3) is 0 Å². The maximum atomic E-state index is 12.9. The number of hydrogen-bond acceptors (Lipinski definition) is 4. The predicted octanol–water partition coefficient (Wildman–Crippen LogP) is 2.10. The fraction of sp³-hybridized carbons (Fsp3) is 0.400. The zero-order chi connectivity index (χ0) is 20.1. The highest BCUT2D eigenvalue weighted by atomic mass is 32.2. The fourth-order valence-corrected chi connectivity index (χ4v) is 4.83. The predicted molar refractivity (Wildman–Crippen MR) is 106 cm³/mol. The molecule has 1 amide bonds. The van der Waals surface area contributed by atoms with Crippen molar-refractivity contribution in [2.75, 3.05) is 25.5 Å². The molecule has 1 N–H and O–H groups in total. The molecular weight excluding hydrogens is 378 g/mol. The minimum atomic E-state index is -3.59. The molecule has 2 heterocycles. The quantitative estimate of drug-likeness (QED) is 0.748. The number of ether oxygens (including phenoxy) is 1. The number of amides is 1. The van der Waals surface area contributed by atoms with E-state index >= 15 is 0 Å². The van der Waals surface area contributed by atoms with Crippen LogP contribution in [0.5, 0.6) is 5.75 Å². The molecule has 1 aromatic heterocycles. The van der Waals surface area contributed by atoms with Crippen molar-refractivity contribution < 1.29 is 22.5 Å². The van der Waals surface area contributed by atoms with Crippen LogP contribution in [0, 0.1) is 6.92 Å². The molecule has 1 aliphatic rings. The number of nitrogens with zero attached hydrogens (tertiary/aromatic N) is 2. The van der Waals surface area contributed by atoms with Crippen LogP contribution in [0.3, 0.4) is 0 Å². The first-order valence-electron chi connectivity index (χ1n) is 9.35. The highest BCUT2D eigenvalue weighted by Gasteiger charge is 2.27. The second-order valence-electron chi connectivity index (χ2n) is 6.84. The molecular formula is C20H26N3O4S+. The van der Waals surface area contributed by atoms with E-state index in [2.05, 4.69) is 5.32 Å². The van der Waals surface area contributed by atoms with Crippen LogP contribution in [0.4, 0.5) is 5.69 Å². The lowest BCUT2D eigenvalue weighted by Crippen LogP contribution is -2.42. The second kappa shape index (κ2) is 8.70. The zero-order valence-electron chi connectivity index (χ0n) is 16.2. The van der Waals surface area contributed by atoms with Crippen LogP contribution in [-0.4, -0.2) is 38.8 Å². The molecule has 8 heteroatoms. The Morgan fingerprint density at radius 2 is 1.93 bits per heavy atom. The van der Waals surface area contributed by atoms with Crippen LogP contribution in [0.1, 0.15) is 25.0 Å². The summed E-state index contributed by atoms with van der Waals surface area (Å²) in [5, 5.41) is 2.78. The van der Waals surface area contributed by atoms with Gasteiger partial charge in [-0.25, -0.2) is 8.42 Å². The number of carbonyl (C=O) groups is 1. The Morgan fingerprint density at radius 1 is 1.18 bits per heavy atom. The molecule has 7 nitrogen and oxygen atoms in total. The number of nitrogens with one attached hydrogen (secondary N) is 1. The standard InChI is InChI=1S/C20H25N3O4S/c1-16-8-4-7-11-22(16)15-20(24)21-18-14-17(9-10-19(18)27-2)28(25,26)23-12-5-3-6-13-23/h4,7-11,14H,3,5-6,12-13,15H2,1-2H3/p+1. The third-order valence-electron chi connectivity index (χ3n) is 4.88. The van der Waals surface area contributed by atoms with Crippen LogP contribution in [0.2, 0.25) is 0 Å². The van der Waals surface area contributed by atoms with Gasteiger partial charge < -0.3 is 10.1 Å². The largest absolute Gasteiger partial charge is 0.495 e. The molecule has 0 aliphatic carbocycles. The van der Waals surface area contributed by atoms with Crippen molar-refractivity contribution >= 4 is 21.6 Å². The summed E-state index contributed by atoms with van der Waals surface area (Å²) in [5.41, 5.74) is 1.30. The Balaban J connectivity index is 1.83. The summed E-state index contributed by atoms with van der Waals surface area (Å²) in [7, 11) is -2.10. The first-order valence-corrected chi connectivity index (χ1v) is 10.8. The van der Waals surface area contributed by atoms with Crippen molar-refractivity contribution in [3.63, 3.8) is 0 Å². The van der Waals surface area contributed by atoms with Gasteiger partial charge in [0, 0.05) is 32.1 Å². The van der Waals surface area contributed by atoms with Gasteiger partial charge in [0.2, 0.25) is 16.6 Å². The van der Waals surface area contributed by atoms with E-state index < -0.39 is 10.0 Å². The molecule has 0 atom stereocenters. The molecule has 150 valence electrons. The summed E-state index contributed by atoms with van der Waals surface area (Å²) < 4.78 is 34.5. The van der Waals surface area contributed by atoms with Gasteiger partial charge in [0.1, 0.15) is 5.75 Å². The highest BCUT2D eigenvalue weighted by Crippen LogP contribution is 2.29. The smallest absolute Gasteiger partial charge is 0.290 e. The van der Waals surface area contributed by atoms with Crippen molar-refractivity contribution in [3.8, 4) is 5.75 Å². The second-order valence-corrected chi connectivity index (χ2v) is 8.78. The number of pyridine rings is 1. The summed E-state index contributed by atoms with van der Waals surface area (Å²) in [4.78, 5) is 12.7. The van der Waals surface area contributed by atoms with Gasteiger partial charge in [-0.05, 0) is 31.0 Å². The van der Waals surface area contributed by atoms with Crippen molar-refractivity contribution in [1.29, 1.82) is 0 Å². The van der Waals surface area contributed by atoms with Crippen LogP contribution < -0.4 is 14.6 Å². The summed E-state index contributed by atoms with van der Waals surface area (Å²) >= 11 is 0. The van der Waals surface area contributed by atoms with Crippen LogP contribution >= 0.6 is 0 Å². The third kappa shape index (κ3) is 4.51. The van der Waals surface area contributed by atoms with E-state index in [-0.39, 0.29) is 17.3 Å². The molecule has 0 spiro atoms. The molecule has 0 saturated carbocycles. The zero-order valence-corrected chi connectivity index (χ0v) is 17.0. The Kier molecular flexibility index (Phi) is 6.31. The van der Waals surface area contributed by atoms with Gasteiger partial charge >= 0.3 is 0 Å². The number of sulfonamides is 1. The Labute approximate surface area is 166 Å². The number of rotatable bonds is 6. The molecule has 0 bridgehead atoms. The Morgan fingerprint density at radius 3 is 2.61 bits per heavy atom. The van der Waals surface area contributed by atoms with Gasteiger partial charge in [0.15, 0.2) is 11.9 Å². The van der Waals surface area contributed by atoms with Crippen molar-refractivity contribution in [2.24, 2.45) is 0 Å². The Bertz CT molecular complexity index is 954. The van der Waals surface area contributed by atoms with E-state index in [1.54, 1.807) is 6.07 Å². The molecule has 3 rings (SSSR count). The molecule has 1 aromatic carbocycles. The summed E-state index contributed by atoms with van der Waals surface area (Å²) in [6.45, 7) is 3.10. The lowest BCUT2D eigenvalue weighted by molar-refractivity contribution is -0.690. The van der Waals surface area contributed by atoms with Gasteiger partial charge in [-0.15, -0.1) is 0 Å². The minimum Gasteiger partial charge on any atom is -0.495 e. The summed E-state index contributed by atoms with van der Waals surface area (Å²) in [6, 6.07) is 10.2. The van der Waals surface area contributed by atoms with Gasteiger partial charge in [0.05, 0.1) is 17.7 Å². The topological polar surface area (TPSA) is 79.6 Å². The molecule has 0 radical (unpaired) electrons. The first kappa shape index (κ1) is 20.3. The average molecular weight is 405 g/mol. The van der Waals surface area contributed by atoms with Gasteiger partial charge in [0.25, 0.3) is 5.91 Å². The van der Waals surface area contributed by atoms with Gasteiger partial charge in [-0.3, -0.25) is 4.79 Å². The Hall–Kier alpha value is -2.45. The van der Waals surface area contributed by atoms with Crippen molar-refractivity contribution in [2.45, 2.75) is 37.6 Å². The van der Waals surface area contributed by atoms with Crippen LogP contribution in [-0.2, 0) is 21.4 Å². The summed E-state index contributed by atoms with van der Waals surface area (Å²) in [6.07, 6.45) is 4.61. The number of piperidine rings is 1. The maximum Gasteiger partial charge on any atom is 0.290 e. The number of aromatic nitrogens is 1. The van der Waals surface area contributed by atoms with E-state index in [1.807, 2.05) is 35.9 Å². The van der Waals surface area contributed by atoms with E-state index in [9.17, 15) is 13.2 Å². The van der Waals surface area contributed by atoms with Crippen LogP contribution in [0.15, 0.2) is 47.5 Å². The number of anilines is 1. The molecule has 0 unspecified atom stereocenters. The van der Waals surface area contributed by atoms with Crippen molar-refractivity contribution in [3.05, 3.63) is 48.3 Å². The number of hydrogen-bond donors (Lipinski definition) is 1. The minimum absolute atomic E-state index is 0.124. The number of carbonyl (C=O) groups excluding carboxylic acids is 1. The fourth-order valence-electron chi connectivity index (χ4n) is 3.28. The number of benzene rings is 1. The number of aryl methyl sites for hydroxylation is 1. The van der Waals surface area contributed by atoms with E-state index in [1.165, 1.54) is 23.5 Å². The summed E-state index contributed by atoms with van der Waals surface area (Å²) in [5.74, 6) is 0.158. The lowest BCUT2D eigenvalue weighted by Gasteiger charge is -2.26. The average Bonchev–Trinajstić information content (AvgIpc) is 2.70. The molecule has 1 fully saturated rings. The maximum absolute atomic E-state index is 12.9. The monoisotopic (exact) mass is 404 g/mol. The molecule has 1 saturated heterocycles. The third-order valence-corrected chi connectivity index (χ3v) is 6.77. The molecule has 1 aliphatic heterocycles. The van der Waals surface area contributed by atoms with E-state index in [0.29, 0.717) is 24.5 Å².